The summed E-state index contributed by atoms with van der Waals surface area (Å²) in [6.07, 6.45) is 1.67. The summed E-state index contributed by atoms with van der Waals surface area (Å²) in [5.41, 5.74) is 0. The molecule has 0 spiro atoms. The first-order valence-electron chi connectivity index (χ1n) is 5.86. The lowest BCUT2D eigenvalue weighted by Crippen LogP contribution is -2.25. The molecule has 1 rings (SSSR count). The van der Waals surface area contributed by atoms with Crippen LogP contribution in [-0.2, 0) is 14.3 Å². The first-order chi connectivity index (χ1) is 7.04. The fourth-order valence-electron chi connectivity index (χ4n) is 2.41. The molecule has 1 saturated carbocycles. The highest BCUT2D eigenvalue weighted by Crippen LogP contribution is 2.36. The standard InChI is InChI=1S/C12H22O3/c1-5-14-10(4)15-12(13)11-7-8(2)6-9(11)3/h8-11H,5-7H2,1-4H3. The van der Waals surface area contributed by atoms with E-state index in [1.54, 1.807) is 6.92 Å². The molecule has 1 fully saturated rings. The predicted molar refractivity (Wildman–Crippen MR) is 58.2 cm³/mol. The van der Waals surface area contributed by atoms with Crippen LogP contribution in [0.15, 0.2) is 0 Å². The molecule has 3 nitrogen and oxygen atoms in total. The van der Waals surface area contributed by atoms with E-state index < -0.39 is 6.29 Å². The number of hydrogen-bond donors (Lipinski definition) is 0. The van der Waals surface area contributed by atoms with Crippen molar-refractivity contribution in [3.8, 4) is 0 Å². The summed E-state index contributed by atoms with van der Waals surface area (Å²) in [6.45, 7) is 8.55. The summed E-state index contributed by atoms with van der Waals surface area (Å²) in [7, 11) is 0. The van der Waals surface area contributed by atoms with Gasteiger partial charge in [-0.1, -0.05) is 13.8 Å². The van der Waals surface area contributed by atoms with E-state index in [0.29, 0.717) is 18.4 Å². The highest BCUT2D eigenvalue weighted by Gasteiger charge is 2.35. The predicted octanol–water partition coefficient (Wildman–Crippen LogP) is 2.59. The molecule has 0 N–H and O–H groups in total. The van der Waals surface area contributed by atoms with Gasteiger partial charge in [0.2, 0.25) is 0 Å². The fraction of sp³-hybridized carbons (Fsp3) is 0.917. The first-order valence-corrected chi connectivity index (χ1v) is 5.86. The lowest BCUT2D eigenvalue weighted by atomic mass is 9.99. The zero-order valence-corrected chi connectivity index (χ0v) is 10.2. The van der Waals surface area contributed by atoms with E-state index in [0.717, 1.165) is 12.8 Å². The van der Waals surface area contributed by atoms with Crippen LogP contribution in [0.4, 0.5) is 0 Å². The van der Waals surface area contributed by atoms with Gasteiger partial charge in [-0.3, -0.25) is 4.79 Å². The second-order valence-electron chi connectivity index (χ2n) is 4.62. The van der Waals surface area contributed by atoms with Crippen LogP contribution < -0.4 is 0 Å². The van der Waals surface area contributed by atoms with Crippen LogP contribution in [0.25, 0.3) is 0 Å². The number of carbonyl (C=O) groups excluding carboxylic acids is 1. The van der Waals surface area contributed by atoms with Crippen molar-refractivity contribution in [2.45, 2.75) is 46.8 Å². The molecule has 0 aromatic rings. The van der Waals surface area contributed by atoms with Crippen molar-refractivity contribution < 1.29 is 14.3 Å². The minimum absolute atomic E-state index is 0.0721. The fourth-order valence-corrected chi connectivity index (χ4v) is 2.41. The Morgan fingerprint density at radius 3 is 2.53 bits per heavy atom. The first kappa shape index (κ1) is 12.5. The second kappa shape index (κ2) is 5.50. The quantitative estimate of drug-likeness (QED) is 0.533. The molecule has 0 amide bonds. The third kappa shape index (κ3) is 3.49. The van der Waals surface area contributed by atoms with E-state index in [2.05, 4.69) is 13.8 Å². The van der Waals surface area contributed by atoms with Gasteiger partial charge in [-0.2, -0.15) is 0 Å². The van der Waals surface area contributed by atoms with E-state index in [1.165, 1.54) is 0 Å². The molecule has 4 unspecified atom stereocenters. The smallest absolute Gasteiger partial charge is 0.311 e. The van der Waals surface area contributed by atoms with Crippen LogP contribution in [0, 0.1) is 17.8 Å². The molecule has 0 radical (unpaired) electrons. The zero-order valence-electron chi connectivity index (χ0n) is 10.2. The van der Waals surface area contributed by atoms with Crippen LogP contribution in [0.3, 0.4) is 0 Å². The molecule has 1 aliphatic carbocycles. The lowest BCUT2D eigenvalue weighted by molar-refractivity contribution is -0.179. The van der Waals surface area contributed by atoms with Gasteiger partial charge >= 0.3 is 5.97 Å². The highest BCUT2D eigenvalue weighted by atomic mass is 16.7. The van der Waals surface area contributed by atoms with E-state index in [1.807, 2.05) is 6.92 Å². The van der Waals surface area contributed by atoms with Gasteiger partial charge in [-0.25, -0.2) is 0 Å². The molecule has 4 atom stereocenters. The normalized spacial score (nSPS) is 32.7. The van der Waals surface area contributed by atoms with Gasteiger partial charge in [0.25, 0.3) is 0 Å². The molecule has 0 aromatic carbocycles. The molecular weight excluding hydrogens is 192 g/mol. The Morgan fingerprint density at radius 2 is 2.07 bits per heavy atom. The summed E-state index contributed by atoms with van der Waals surface area (Å²) in [6, 6.07) is 0. The Balaban J connectivity index is 2.40. The van der Waals surface area contributed by atoms with Crippen LogP contribution in [0.2, 0.25) is 0 Å². The van der Waals surface area contributed by atoms with Gasteiger partial charge < -0.3 is 9.47 Å². The van der Waals surface area contributed by atoms with Crippen molar-refractivity contribution in [2.24, 2.45) is 17.8 Å². The van der Waals surface area contributed by atoms with Gasteiger partial charge in [0.15, 0.2) is 6.29 Å². The van der Waals surface area contributed by atoms with Crippen molar-refractivity contribution in [3.63, 3.8) is 0 Å². The largest absolute Gasteiger partial charge is 0.436 e. The molecule has 1 aliphatic rings. The van der Waals surface area contributed by atoms with Crippen molar-refractivity contribution in [3.05, 3.63) is 0 Å². The zero-order chi connectivity index (χ0) is 11.4. The maximum atomic E-state index is 11.8. The minimum atomic E-state index is -0.411. The summed E-state index contributed by atoms with van der Waals surface area (Å²) in [4.78, 5) is 11.8. The van der Waals surface area contributed by atoms with Gasteiger partial charge in [0.1, 0.15) is 0 Å². The van der Waals surface area contributed by atoms with Crippen LogP contribution in [0.5, 0.6) is 0 Å². The second-order valence-corrected chi connectivity index (χ2v) is 4.62. The van der Waals surface area contributed by atoms with Crippen molar-refractivity contribution in [1.29, 1.82) is 0 Å². The Morgan fingerprint density at radius 1 is 1.40 bits per heavy atom. The number of ether oxygens (including phenoxy) is 2. The maximum Gasteiger partial charge on any atom is 0.311 e. The molecule has 88 valence electrons. The molecule has 0 aliphatic heterocycles. The maximum absolute atomic E-state index is 11.8. The monoisotopic (exact) mass is 214 g/mol. The topological polar surface area (TPSA) is 35.5 Å². The Bertz CT molecular complexity index is 215. The molecule has 15 heavy (non-hydrogen) atoms. The molecule has 0 heterocycles. The summed E-state index contributed by atoms with van der Waals surface area (Å²) in [5.74, 6) is 1.07. The summed E-state index contributed by atoms with van der Waals surface area (Å²) >= 11 is 0. The number of hydrogen-bond acceptors (Lipinski definition) is 3. The van der Waals surface area contributed by atoms with E-state index in [9.17, 15) is 4.79 Å². The number of rotatable bonds is 4. The van der Waals surface area contributed by atoms with E-state index >= 15 is 0 Å². The average molecular weight is 214 g/mol. The molecule has 0 saturated heterocycles. The van der Waals surface area contributed by atoms with Crippen molar-refractivity contribution in [1.82, 2.24) is 0 Å². The Hall–Kier alpha value is -0.570. The number of carbonyl (C=O) groups is 1. The average Bonchev–Trinajstić information content (AvgIpc) is 2.45. The van der Waals surface area contributed by atoms with E-state index in [4.69, 9.17) is 9.47 Å². The number of esters is 1. The summed E-state index contributed by atoms with van der Waals surface area (Å²) in [5, 5.41) is 0. The third-order valence-electron chi connectivity index (χ3n) is 3.10. The van der Waals surface area contributed by atoms with Gasteiger partial charge in [-0.05, 0) is 38.5 Å². The van der Waals surface area contributed by atoms with Gasteiger partial charge in [0.05, 0.1) is 5.92 Å². The molecule has 0 aromatic heterocycles. The minimum Gasteiger partial charge on any atom is -0.436 e. The van der Waals surface area contributed by atoms with Crippen LogP contribution in [0.1, 0.15) is 40.5 Å². The Kier molecular flexibility index (Phi) is 4.58. The van der Waals surface area contributed by atoms with Crippen LogP contribution in [-0.4, -0.2) is 18.9 Å². The highest BCUT2D eigenvalue weighted by molar-refractivity contribution is 5.73. The van der Waals surface area contributed by atoms with Crippen molar-refractivity contribution in [2.75, 3.05) is 6.61 Å². The van der Waals surface area contributed by atoms with Crippen LogP contribution >= 0.6 is 0 Å². The molecular formula is C12H22O3. The van der Waals surface area contributed by atoms with Crippen molar-refractivity contribution >= 4 is 5.97 Å². The van der Waals surface area contributed by atoms with E-state index in [-0.39, 0.29) is 11.9 Å². The van der Waals surface area contributed by atoms with Gasteiger partial charge in [0, 0.05) is 6.61 Å². The Labute approximate surface area is 92.1 Å². The SMILES string of the molecule is CCOC(C)OC(=O)C1CC(C)CC1C. The molecule has 0 bridgehead atoms. The molecule has 3 heteroatoms. The lowest BCUT2D eigenvalue weighted by Gasteiger charge is -2.18. The third-order valence-corrected chi connectivity index (χ3v) is 3.10. The van der Waals surface area contributed by atoms with Gasteiger partial charge in [-0.15, -0.1) is 0 Å². The summed E-state index contributed by atoms with van der Waals surface area (Å²) < 4.78 is 10.4.